The van der Waals surface area contributed by atoms with Crippen LogP contribution in [0, 0.1) is 18.3 Å². The number of aryl methyl sites for hydroxylation is 1. The lowest BCUT2D eigenvalue weighted by Gasteiger charge is -2.15. The van der Waals surface area contributed by atoms with E-state index < -0.39 is 11.9 Å². The van der Waals surface area contributed by atoms with Gasteiger partial charge in [0.2, 0.25) is 5.91 Å². The summed E-state index contributed by atoms with van der Waals surface area (Å²) in [5, 5.41) is 15.5. The molecule has 1 atom stereocenters. The maximum absolute atomic E-state index is 12.0. The second kappa shape index (κ2) is 5.97. The zero-order valence-electron chi connectivity index (χ0n) is 11.0. The van der Waals surface area contributed by atoms with Crippen LogP contribution in [0.3, 0.4) is 0 Å². The SMILES string of the molecule is Cc1ccc(C(C#N)NC(=O)C2=NNC(=O)CC2)cc1. The van der Waals surface area contributed by atoms with E-state index in [1.807, 2.05) is 25.1 Å². The Morgan fingerprint density at radius 1 is 1.40 bits per heavy atom. The monoisotopic (exact) mass is 270 g/mol. The maximum atomic E-state index is 12.0. The summed E-state index contributed by atoms with van der Waals surface area (Å²) in [6.45, 7) is 1.95. The Morgan fingerprint density at radius 2 is 2.10 bits per heavy atom. The van der Waals surface area contributed by atoms with Gasteiger partial charge in [-0.15, -0.1) is 0 Å². The third kappa shape index (κ3) is 3.20. The molecule has 0 spiro atoms. The molecule has 0 aliphatic carbocycles. The Bertz CT molecular complexity index is 599. The van der Waals surface area contributed by atoms with Crippen LogP contribution in [-0.4, -0.2) is 17.5 Å². The van der Waals surface area contributed by atoms with Gasteiger partial charge in [-0.1, -0.05) is 29.8 Å². The third-order valence-corrected chi connectivity index (χ3v) is 2.98. The number of rotatable bonds is 3. The molecule has 1 aliphatic heterocycles. The van der Waals surface area contributed by atoms with Crippen molar-refractivity contribution in [2.45, 2.75) is 25.8 Å². The fourth-order valence-electron chi connectivity index (χ4n) is 1.80. The fourth-order valence-corrected chi connectivity index (χ4v) is 1.80. The Kier molecular flexibility index (Phi) is 4.11. The van der Waals surface area contributed by atoms with Crippen molar-refractivity contribution in [3.8, 4) is 6.07 Å². The van der Waals surface area contributed by atoms with Gasteiger partial charge in [0.15, 0.2) is 0 Å². The van der Waals surface area contributed by atoms with Crippen LogP contribution in [0.1, 0.15) is 30.0 Å². The number of hydrogen-bond acceptors (Lipinski definition) is 4. The molecule has 2 rings (SSSR count). The van der Waals surface area contributed by atoms with Gasteiger partial charge in [0.05, 0.1) is 6.07 Å². The molecule has 102 valence electrons. The molecule has 20 heavy (non-hydrogen) atoms. The van der Waals surface area contributed by atoms with Gasteiger partial charge in [0.25, 0.3) is 5.91 Å². The number of carbonyl (C=O) groups is 2. The maximum Gasteiger partial charge on any atom is 0.268 e. The van der Waals surface area contributed by atoms with E-state index >= 15 is 0 Å². The Hall–Kier alpha value is -2.68. The first kappa shape index (κ1) is 13.7. The van der Waals surface area contributed by atoms with Gasteiger partial charge in [-0.05, 0) is 12.5 Å². The summed E-state index contributed by atoms with van der Waals surface area (Å²) in [6.07, 6.45) is 0.512. The molecule has 1 unspecified atom stereocenters. The number of carbonyl (C=O) groups excluding carboxylic acids is 2. The van der Waals surface area contributed by atoms with E-state index in [0.717, 1.165) is 5.56 Å². The van der Waals surface area contributed by atoms with Gasteiger partial charge in [-0.2, -0.15) is 10.4 Å². The topological polar surface area (TPSA) is 94.3 Å². The van der Waals surface area contributed by atoms with Gasteiger partial charge in [-0.25, -0.2) is 5.43 Å². The van der Waals surface area contributed by atoms with Crippen molar-refractivity contribution in [2.24, 2.45) is 5.10 Å². The molecule has 6 heteroatoms. The first-order valence-corrected chi connectivity index (χ1v) is 6.22. The average Bonchev–Trinajstić information content (AvgIpc) is 2.46. The molecule has 0 fully saturated rings. The largest absolute Gasteiger partial charge is 0.331 e. The molecule has 6 nitrogen and oxygen atoms in total. The number of nitrogens with one attached hydrogen (secondary N) is 2. The summed E-state index contributed by atoms with van der Waals surface area (Å²) in [5.41, 5.74) is 4.28. The van der Waals surface area contributed by atoms with Crippen molar-refractivity contribution in [1.82, 2.24) is 10.7 Å². The number of hydrazone groups is 1. The van der Waals surface area contributed by atoms with Crippen molar-refractivity contribution in [2.75, 3.05) is 0 Å². The minimum atomic E-state index is -0.733. The highest BCUT2D eigenvalue weighted by Gasteiger charge is 2.21. The van der Waals surface area contributed by atoms with Crippen LogP contribution < -0.4 is 10.7 Å². The highest BCUT2D eigenvalue weighted by Crippen LogP contribution is 2.13. The van der Waals surface area contributed by atoms with Gasteiger partial charge in [0, 0.05) is 12.8 Å². The third-order valence-electron chi connectivity index (χ3n) is 2.98. The molecule has 1 aromatic carbocycles. The standard InChI is InChI=1S/C14H14N4O2/c1-9-2-4-10(5-3-9)12(8-15)16-14(20)11-6-7-13(19)18-17-11/h2-5,12H,6-7H2,1H3,(H,16,20)(H,18,19). The van der Waals surface area contributed by atoms with E-state index in [0.29, 0.717) is 5.56 Å². The molecule has 2 amide bonds. The average molecular weight is 270 g/mol. The lowest BCUT2D eigenvalue weighted by molar-refractivity contribution is -0.121. The molecule has 0 saturated carbocycles. The van der Waals surface area contributed by atoms with Gasteiger partial charge in [-0.3, -0.25) is 9.59 Å². The first-order valence-electron chi connectivity index (χ1n) is 6.22. The molecule has 2 N–H and O–H groups in total. The van der Waals surface area contributed by atoms with Crippen molar-refractivity contribution >= 4 is 17.5 Å². The Morgan fingerprint density at radius 3 is 2.65 bits per heavy atom. The molecule has 0 bridgehead atoms. The van der Waals surface area contributed by atoms with E-state index in [2.05, 4.69) is 15.8 Å². The van der Waals surface area contributed by atoms with E-state index in [4.69, 9.17) is 5.26 Å². The second-order valence-electron chi connectivity index (χ2n) is 4.54. The normalized spacial score (nSPS) is 15.6. The van der Waals surface area contributed by atoms with Crippen LogP contribution in [-0.2, 0) is 9.59 Å². The molecule has 1 aromatic rings. The summed E-state index contributed by atoms with van der Waals surface area (Å²) in [5.74, 6) is -0.644. The quantitative estimate of drug-likeness (QED) is 0.855. The highest BCUT2D eigenvalue weighted by molar-refractivity contribution is 6.39. The zero-order valence-corrected chi connectivity index (χ0v) is 11.0. The highest BCUT2D eigenvalue weighted by atomic mass is 16.2. The van der Waals surface area contributed by atoms with Gasteiger partial charge >= 0.3 is 0 Å². The van der Waals surface area contributed by atoms with Crippen molar-refractivity contribution in [3.05, 3.63) is 35.4 Å². The molecular formula is C14H14N4O2. The van der Waals surface area contributed by atoms with Crippen LogP contribution in [0.2, 0.25) is 0 Å². The smallest absolute Gasteiger partial charge is 0.268 e. The molecular weight excluding hydrogens is 256 g/mol. The number of amides is 2. The van der Waals surface area contributed by atoms with Crippen LogP contribution in [0.15, 0.2) is 29.4 Å². The van der Waals surface area contributed by atoms with Crippen LogP contribution in [0.5, 0.6) is 0 Å². The number of benzene rings is 1. The van der Waals surface area contributed by atoms with E-state index in [9.17, 15) is 9.59 Å². The van der Waals surface area contributed by atoms with E-state index in [-0.39, 0.29) is 24.5 Å². The molecule has 0 aromatic heterocycles. The van der Waals surface area contributed by atoms with Crippen LogP contribution >= 0.6 is 0 Å². The van der Waals surface area contributed by atoms with Gasteiger partial charge < -0.3 is 5.32 Å². The van der Waals surface area contributed by atoms with Crippen LogP contribution in [0.25, 0.3) is 0 Å². The van der Waals surface area contributed by atoms with Crippen molar-refractivity contribution in [1.29, 1.82) is 5.26 Å². The zero-order chi connectivity index (χ0) is 14.5. The summed E-state index contributed by atoms with van der Waals surface area (Å²) in [6, 6.07) is 8.67. The second-order valence-corrected chi connectivity index (χ2v) is 4.54. The van der Waals surface area contributed by atoms with Crippen molar-refractivity contribution in [3.63, 3.8) is 0 Å². The Balaban J connectivity index is 2.07. The lowest BCUT2D eigenvalue weighted by Crippen LogP contribution is -2.38. The number of nitrogens with zero attached hydrogens (tertiary/aromatic N) is 2. The summed E-state index contributed by atoms with van der Waals surface area (Å²) in [4.78, 5) is 22.9. The summed E-state index contributed by atoms with van der Waals surface area (Å²) >= 11 is 0. The number of hydrogen-bond donors (Lipinski definition) is 2. The minimum Gasteiger partial charge on any atom is -0.331 e. The van der Waals surface area contributed by atoms with Gasteiger partial charge in [0.1, 0.15) is 11.8 Å². The predicted octanol–water partition coefficient (Wildman–Crippen LogP) is 0.942. The minimum absolute atomic E-state index is 0.211. The summed E-state index contributed by atoms with van der Waals surface area (Å²) in [7, 11) is 0. The van der Waals surface area contributed by atoms with E-state index in [1.165, 1.54) is 0 Å². The molecule has 1 heterocycles. The molecule has 1 aliphatic rings. The fraction of sp³-hybridized carbons (Fsp3) is 0.286. The summed E-state index contributed by atoms with van der Waals surface area (Å²) < 4.78 is 0. The molecule has 0 radical (unpaired) electrons. The Labute approximate surface area is 116 Å². The van der Waals surface area contributed by atoms with Crippen molar-refractivity contribution < 1.29 is 9.59 Å². The molecule has 0 saturated heterocycles. The predicted molar refractivity (Wildman–Crippen MR) is 72.5 cm³/mol. The van der Waals surface area contributed by atoms with E-state index in [1.54, 1.807) is 12.1 Å². The first-order chi connectivity index (χ1) is 9.60. The van der Waals surface area contributed by atoms with Crippen LogP contribution in [0.4, 0.5) is 0 Å². The number of nitriles is 1. The lowest BCUT2D eigenvalue weighted by atomic mass is 10.1.